The van der Waals surface area contributed by atoms with Crippen molar-refractivity contribution in [2.24, 2.45) is 5.41 Å². The minimum absolute atomic E-state index is 0.0201. The average Bonchev–Trinajstić information content (AvgIpc) is 2.59. The van der Waals surface area contributed by atoms with Crippen LogP contribution in [0.1, 0.15) is 36.7 Å². The molecule has 0 aromatic heterocycles. The molecule has 0 heterocycles. The lowest BCUT2D eigenvalue weighted by Crippen LogP contribution is -2.27. The third kappa shape index (κ3) is 5.36. The van der Waals surface area contributed by atoms with Gasteiger partial charge in [-0.1, -0.05) is 45.0 Å². The number of carbonyl (C=O) groups excluding carboxylic acids is 2. The molecular formula is C20H23NO3S. The van der Waals surface area contributed by atoms with Crippen LogP contribution in [0.4, 0.5) is 5.69 Å². The van der Waals surface area contributed by atoms with Gasteiger partial charge in [-0.25, -0.2) is 4.79 Å². The summed E-state index contributed by atoms with van der Waals surface area (Å²) in [5.41, 5.74) is 1.91. The van der Waals surface area contributed by atoms with Gasteiger partial charge in [-0.15, -0.1) is 11.8 Å². The number of methoxy groups -OCH3 is 1. The summed E-state index contributed by atoms with van der Waals surface area (Å²) in [6, 6.07) is 15.1. The van der Waals surface area contributed by atoms with Crippen LogP contribution in [0.5, 0.6) is 0 Å². The number of amides is 1. The van der Waals surface area contributed by atoms with Crippen LogP contribution in [0.3, 0.4) is 0 Å². The molecule has 0 unspecified atom stereocenters. The number of esters is 1. The number of benzene rings is 2. The molecule has 0 radical (unpaired) electrons. The molecule has 1 amide bonds. The van der Waals surface area contributed by atoms with Gasteiger partial charge in [-0.2, -0.15) is 0 Å². The van der Waals surface area contributed by atoms with E-state index in [1.165, 1.54) is 7.11 Å². The van der Waals surface area contributed by atoms with Gasteiger partial charge < -0.3 is 10.1 Å². The zero-order valence-corrected chi connectivity index (χ0v) is 15.8. The van der Waals surface area contributed by atoms with E-state index in [0.29, 0.717) is 11.3 Å². The van der Waals surface area contributed by atoms with Gasteiger partial charge in [0.2, 0.25) is 5.91 Å². The number of anilines is 1. The van der Waals surface area contributed by atoms with Crippen molar-refractivity contribution in [3.05, 3.63) is 59.7 Å². The predicted octanol–water partition coefficient (Wildman–Crippen LogP) is 4.75. The van der Waals surface area contributed by atoms with Gasteiger partial charge in [0.1, 0.15) is 0 Å². The highest BCUT2D eigenvalue weighted by Crippen LogP contribution is 2.31. The Morgan fingerprint density at radius 1 is 1.08 bits per heavy atom. The molecule has 4 nitrogen and oxygen atoms in total. The average molecular weight is 357 g/mol. The molecule has 0 atom stereocenters. The van der Waals surface area contributed by atoms with E-state index in [2.05, 4.69) is 5.32 Å². The number of ether oxygens (including phenoxy) is 1. The fourth-order valence-corrected chi connectivity index (χ4v) is 3.02. The maximum absolute atomic E-state index is 12.2. The Balaban J connectivity index is 2.11. The van der Waals surface area contributed by atoms with E-state index < -0.39 is 5.41 Å². The van der Waals surface area contributed by atoms with Crippen molar-refractivity contribution >= 4 is 29.3 Å². The van der Waals surface area contributed by atoms with Crippen molar-refractivity contribution in [1.82, 2.24) is 0 Å². The number of hydrogen-bond acceptors (Lipinski definition) is 4. The summed E-state index contributed by atoms with van der Waals surface area (Å²) < 4.78 is 4.76. The second-order valence-corrected chi connectivity index (χ2v) is 7.70. The summed E-state index contributed by atoms with van der Waals surface area (Å²) in [6.07, 6.45) is 0. The number of thioether (sulfide) groups is 1. The first kappa shape index (κ1) is 19.1. The molecule has 0 fully saturated rings. The highest BCUT2D eigenvalue weighted by Gasteiger charge is 2.22. The zero-order valence-electron chi connectivity index (χ0n) is 15.0. The number of nitrogens with one attached hydrogen (secondary N) is 1. The van der Waals surface area contributed by atoms with Crippen LogP contribution in [0.2, 0.25) is 0 Å². The molecule has 0 aliphatic carbocycles. The van der Waals surface area contributed by atoms with Gasteiger partial charge in [-0.3, -0.25) is 4.79 Å². The van der Waals surface area contributed by atoms with Crippen LogP contribution in [0.15, 0.2) is 53.4 Å². The molecule has 0 saturated carbocycles. The summed E-state index contributed by atoms with van der Waals surface area (Å²) in [5.74, 6) is 0.325. The van der Waals surface area contributed by atoms with E-state index in [1.54, 1.807) is 17.8 Å². The molecule has 25 heavy (non-hydrogen) atoms. The quantitative estimate of drug-likeness (QED) is 0.620. The molecule has 1 N–H and O–H groups in total. The lowest BCUT2D eigenvalue weighted by atomic mass is 9.95. The number of para-hydroxylation sites is 1. The predicted molar refractivity (Wildman–Crippen MR) is 102 cm³/mol. The summed E-state index contributed by atoms with van der Waals surface area (Å²) in [4.78, 5) is 24.9. The molecule has 0 bridgehead atoms. The van der Waals surface area contributed by atoms with Crippen LogP contribution in [0.25, 0.3) is 0 Å². The van der Waals surface area contributed by atoms with Crippen molar-refractivity contribution in [2.45, 2.75) is 31.4 Å². The molecule has 0 saturated heterocycles. The molecule has 0 aliphatic heterocycles. The van der Waals surface area contributed by atoms with Gasteiger partial charge in [0.05, 0.1) is 18.4 Å². The van der Waals surface area contributed by atoms with E-state index in [1.807, 2.05) is 63.2 Å². The second kappa shape index (κ2) is 8.21. The van der Waals surface area contributed by atoms with Gasteiger partial charge in [0.25, 0.3) is 0 Å². The van der Waals surface area contributed by atoms with Gasteiger partial charge in [-0.05, 0) is 29.8 Å². The fourth-order valence-electron chi connectivity index (χ4n) is 2.07. The standard InChI is InChI=1S/C20H23NO3S/c1-20(2,3)19(23)21-16-10-5-6-11-17(16)25-13-14-8-7-9-15(12-14)18(22)24-4/h5-12H,13H2,1-4H3,(H,21,23). The third-order valence-electron chi connectivity index (χ3n) is 3.56. The number of carbonyl (C=O) groups is 2. The first-order valence-corrected chi connectivity index (χ1v) is 9.00. The third-order valence-corrected chi connectivity index (χ3v) is 4.70. The lowest BCUT2D eigenvalue weighted by Gasteiger charge is -2.19. The highest BCUT2D eigenvalue weighted by molar-refractivity contribution is 7.98. The first-order chi connectivity index (χ1) is 11.8. The molecule has 132 valence electrons. The summed E-state index contributed by atoms with van der Waals surface area (Å²) in [7, 11) is 1.37. The monoisotopic (exact) mass is 357 g/mol. The Labute approximate surface area is 153 Å². The summed E-state index contributed by atoms with van der Waals surface area (Å²) >= 11 is 1.61. The van der Waals surface area contributed by atoms with E-state index in [4.69, 9.17) is 4.74 Å². The summed E-state index contributed by atoms with van der Waals surface area (Å²) in [6.45, 7) is 5.66. The Morgan fingerprint density at radius 3 is 2.48 bits per heavy atom. The Bertz CT molecular complexity index is 766. The molecular weight excluding hydrogens is 334 g/mol. The van der Waals surface area contributed by atoms with Gasteiger partial charge >= 0.3 is 5.97 Å². The Kier molecular flexibility index (Phi) is 6.26. The Hall–Kier alpha value is -2.27. The van der Waals surface area contributed by atoms with Crippen LogP contribution in [-0.4, -0.2) is 19.0 Å². The minimum Gasteiger partial charge on any atom is -0.465 e. The Morgan fingerprint density at radius 2 is 1.80 bits per heavy atom. The fraction of sp³-hybridized carbons (Fsp3) is 0.300. The maximum atomic E-state index is 12.2. The smallest absolute Gasteiger partial charge is 0.337 e. The summed E-state index contributed by atoms with van der Waals surface area (Å²) in [5, 5.41) is 2.99. The molecule has 0 spiro atoms. The van der Waals surface area contributed by atoms with E-state index >= 15 is 0 Å². The van der Waals surface area contributed by atoms with Crippen LogP contribution < -0.4 is 5.32 Å². The molecule has 2 aromatic carbocycles. The van der Waals surface area contributed by atoms with Gasteiger partial charge in [0.15, 0.2) is 0 Å². The van der Waals surface area contributed by atoms with E-state index in [-0.39, 0.29) is 11.9 Å². The molecule has 2 rings (SSSR count). The van der Waals surface area contributed by atoms with Gasteiger partial charge in [0, 0.05) is 16.1 Å². The molecule has 2 aromatic rings. The van der Waals surface area contributed by atoms with Crippen molar-refractivity contribution in [1.29, 1.82) is 0 Å². The topological polar surface area (TPSA) is 55.4 Å². The van der Waals surface area contributed by atoms with Crippen molar-refractivity contribution in [3.8, 4) is 0 Å². The second-order valence-electron chi connectivity index (χ2n) is 6.68. The molecule has 0 aliphatic rings. The normalized spacial score (nSPS) is 11.0. The molecule has 5 heteroatoms. The lowest BCUT2D eigenvalue weighted by molar-refractivity contribution is -0.123. The minimum atomic E-state index is -0.452. The maximum Gasteiger partial charge on any atom is 0.337 e. The van der Waals surface area contributed by atoms with Crippen molar-refractivity contribution in [2.75, 3.05) is 12.4 Å². The largest absolute Gasteiger partial charge is 0.465 e. The van der Waals surface area contributed by atoms with Crippen LogP contribution in [-0.2, 0) is 15.3 Å². The number of hydrogen-bond donors (Lipinski definition) is 1. The van der Waals surface area contributed by atoms with E-state index in [0.717, 1.165) is 16.1 Å². The van der Waals surface area contributed by atoms with Crippen LogP contribution in [0, 0.1) is 5.41 Å². The number of rotatable bonds is 5. The first-order valence-electron chi connectivity index (χ1n) is 8.02. The van der Waals surface area contributed by atoms with Crippen molar-refractivity contribution < 1.29 is 14.3 Å². The van der Waals surface area contributed by atoms with Crippen LogP contribution >= 0.6 is 11.8 Å². The SMILES string of the molecule is COC(=O)c1cccc(CSc2ccccc2NC(=O)C(C)(C)C)c1. The highest BCUT2D eigenvalue weighted by atomic mass is 32.2. The zero-order chi connectivity index (χ0) is 18.4. The van der Waals surface area contributed by atoms with Crippen molar-refractivity contribution in [3.63, 3.8) is 0 Å². The van der Waals surface area contributed by atoms with E-state index in [9.17, 15) is 9.59 Å².